The van der Waals surface area contributed by atoms with Crippen LogP contribution < -0.4 is 5.73 Å². The van der Waals surface area contributed by atoms with Gasteiger partial charge < -0.3 is 5.73 Å². The van der Waals surface area contributed by atoms with Crippen molar-refractivity contribution in [3.05, 3.63) is 0 Å². The molecule has 2 heteroatoms. The van der Waals surface area contributed by atoms with Crippen molar-refractivity contribution in [2.24, 2.45) is 5.73 Å². The largest absolute Gasteiger partial charge is 0.326 e. The lowest BCUT2D eigenvalue weighted by atomic mass is 9.97. The van der Waals surface area contributed by atoms with Gasteiger partial charge in [0.15, 0.2) is 0 Å². The fourth-order valence-corrected chi connectivity index (χ4v) is 2.31. The minimum atomic E-state index is 0.480. The number of likely N-dealkylation sites (N-methyl/N-ethyl adjacent to an activating group) is 1. The van der Waals surface area contributed by atoms with Crippen molar-refractivity contribution in [1.29, 1.82) is 0 Å². The minimum Gasteiger partial charge on any atom is -0.326 e. The molecule has 3 atom stereocenters. The molecule has 2 fully saturated rings. The topological polar surface area (TPSA) is 29.3 Å². The first-order valence-electron chi connectivity index (χ1n) is 3.76. The smallest absolute Gasteiger partial charge is 0.0248 e. The molecule has 9 heavy (non-hydrogen) atoms. The highest BCUT2D eigenvalue weighted by Gasteiger charge is 2.41. The van der Waals surface area contributed by atoms with Crippen LogP contribution in [0.4, 0.5) is 0 Å². The maximum Gasteiger partial charge on any atom is 0.0248 e. The predicted molar refractivity (Wildman–Crippen MR) is 37.2 cm³/mol. The molecule has 2 bridgehead atoms. The van der Waals surface area contributed by atoms with Gasteiger partial charge in [0.05, 0.1) is 0 Å². The molecule has 0 amide bonds. The molecule has 2 aliphatic heterocycles. The molecule has 2 heterocycles. The van der Waals surface area contributed by atoms with Gasteiger partial charge in [-0.05, 0) is 26.3 Å². The van der Waals surface area contributed by atoms with Gasteiger partial charge in [-0.15, -0.1) is 0 Å². The zero-order chi connectivity index (χ0) is 6.43. The first kappa shape index (κ1) is 5.69. The number of fused-ring (bicyclic) bond motifs is 2. The van der Waals surface area contributed by atoms with Crippen LogP contribution in [0, 0.1) is 0 Å². The average molecular weight is 126 g/mol. The van der Waals surface area contributed by atoms with Crippen LogP contribution >= 0.6 is 0 Å². The summed E-state index contributed by atoms with van der Waals surface area (Å²) in [6.07, 6.45) is 3.96. The second kappa shape index (κ2) is 1.70. The van der Waals surface area contributed by atoms with Gasteiger partial charge in [-0.2, -0.15) is 0 Å². The number of hydrogen-bond donors (Lipinski definition) is 1. The Morgan fingerprint density at radius 2 is 2.22 bits per heavy atom. The van der Waals surface area contributed by atoms with E-state index in [0.29, 0.717) is 6.04 Å². The van der Waals surface area contributed by atoms with Crippen molar-refractivity contribution in [3.63, 3.8) is 0 Å². The number of nitrogens with two attached hydrogens (primary N) is 1. The molecule has 0 aromatic rings. The molecule has 0 unspecified atom stereocenters. The summed E-state index contributed by atoms with van der Waals surface area (Å²) in [5.41, 5.74) is 5.87. The van der Waals surface area contributed by atoms with Crippen LogP contribution in [0.25, 0.3) is 0 Å². The highest BCUT2D eigenvalue weighted by Crippen LogP contribution is 2.34. The lowest BCUT2D eigenvalue weighted by Gasteiger charge is -2.16. The van der Waals surface area contributed by atoms with Crippen LogP contribution in [-0.2, 0) is 0 Å². The van der Waals surface area contributed by atoms with E-state index < -0.39 is 0 Å². The van der Waals surface area contributed by atoms with E-state index in [4.69, 9.17) is 5.73 Å². The summed E-state index contributed by atoms with van der Waals surface area (Å²) < 4.78 is 0. The zero-order valence-corrected chi connectivity index (χ0v) is 5.88. The Morgan fingerprint density at radius 1 is 1.44 bits per heavy atom. The normalized spacial score (nSPS) is 50.7. The molecule has 0 aromatic heterocycles. The standard InChI is InChI=1S/C7H14N2/c1-9-5-2-3-7(9)6(8)4-5/h5-7H,2-4,8H2,1H3/t5-,6-,7+/m0/s1. The fraction of sp³-hybridized carbons (Fsp3) is 1.00. The second-order valence-electron chi connectivity index (χ2n) is 3.36. The Labute approximate surface area is 56.0 Å². The Bertz CT molecular complexity index is 124. The SMILES string of the molecule is CN1[C@H]2CC[C@@H]1[C@@H](N)C2. The van der Waals surface area contributed by atoms with E-state index in [-0.39, 0.29) is 0 Å². The third kappa shape index (κ3) is 0.634. The summed E-state index contributed by atoms with van der Waals surface area (Å²) in [5.74, 6) is 0. The lowest BCUT2D eigenvalue weighted by molar-refractivity contribution is 0.307. The monoisotopic (exact) mass is 126 g/mol. The number of rotatable bonds is 0. The molecule has 2 nitrogen and oxygen atoms in total. The summed E-state index contributed by atoms with van der Waals surface area (Å²) in [7, 11) is 2.20. The first-order valence-corrected chi connectivity index (χ1v) is 3.76. The van der Waals surface area contributed by atoms with Crippen molar-refractivity contribution in [3.8, 4) is 0 Å². The maximum atomic E-state index is 5.87. The summed E-state index contributed by atoms with van der Waals surface area (Å²) in [6.45, 7) is 0. The van der Waals surface area contributed by atoms with E-state index in [1.807, 2.05) is 0 Å². The predicted octanol–water partition coefficient (Wildman–Crippen LogP) is 0.180. The molecule has 2 rings (SSSR count). The van der Waals surface area contributed by atoms with Crippen LogP contribution in [0.3, 0.4) is 0 Å². The molecule has 0 aromatic carbocycles. The zero-order valence-electron chi connectivity index (χ0n) is 5.88. The summed E-state index contributed by atoms with van der Waals surface area (Å²) in [5, 5.41) is 0. The highest BCUT2D eigenvalue weighted by molar-refractivity contribution is 5.00. The quantitative estimate of drug-likeness (QED) is 0.501. The highest BCUT2D eigenvalue weighted by atomic mass is 15.2. The van der Waals surface area contributed by atoms with E-state index in [0.717, 1.165) is 12.1 Å². The molecule has 52 valence electrons. The molecule has 0 spiro atoms. The molecule has 2 saturated heterocycles. The lowest BCUT2D eigenvalue weighted by Crippen LogP contribution is -2.34. The van der Waals surface area contributed by atoms with Gasteiger partial charge in [0.25, 0.3) is 0 Å². The summed E-state index contributed by atoms with van der Waals surface area (Å²) in [6, 6.07) is 2.02. The van der Waals surface area contributed by atoms with Crippen LogP contribution in [0.1, 0.15) is 19.3 Å². The van der Waals surface area contributed by atoms with Crippen molar-refractivity contribution in [1.82, 2.24) is 4.90 Å². The van der Waals surface area contributed by atoms with Gasteiger partial charge in [0.1, 0.15) is 0 Å². The average Bonchev–Trinajstić information content (AvgIpc) is 2.25. The number of nitrogens with zero attached hydrogens (tertiary/aromatic N) is 1. The van der Waals surface area contributed by atoms with Gasteiger partial charge in [0, 0.05) is 18.1 Å². The fourth-order valence-electron chi connectivity index (χ4n) is 2.31. The van der Waals surface area contributed by atoms with Crippen molar-refractivity contribution < 1.29 is 0 Å². The molecule has 2 aliphatic rings. The second-order valence-corrected chi connectivity index (χ2v) is 3.36. The molecule has 0 saturated carbocycles. The molecule has 0 aliphatic carbocycles. The third-order valence-electron chi connectivity index (χ3n) is 2.93. The van der Waals surface area contributed by atoms with E-state index in [1.165, 1.54) is 19.3 Å². The van der Waals surface area contributed by atoms with Gasteiger partial charge in [-0.1, -0.05) is 0 Å². The Kier molecular flexibility index (Phi) is 1.08. The van der Waals surface area contributed by atoms with Gasteiger partial charge in [0.2, 0.25) is 0 Å². The third-order valence-corrected chi connectivity index (χ3v) is 2.93. The van der Waals surface area contributed by atoms with Crippen LogP contribution in [0.15, 0.2) is 0 Å². The van der Waals surface area contributed by atoms with E-state index in [9.17, 15) is 0 Å². The van der Waals surface area contributed by atoms with Crippen molar-refractivity contribution in [2.45, 2.75) is 37.4 Å². The van der Waals surface area contributed by atoms with Gasteiger partial charge in [-0.25, -0.2) is 0 Å². The first-order chi connectivity index (χ1) is 4.29. The molecule has 0 radical (unpaired) electrons. The van der Waals surface area contributed by atoms with Crippen LogP contribution in [0.2, 0.25) is 0 Å². The molecular formula is C7H14N2. The molecule has 2 N–H and O–H groups in total. The Balaban J connectivity index is 2.16. The van der Waals surface area contributed by atoms with E-state index >= 15 is 0 Å². The maximum absolute atomic E-state index is 5.87. The van der Waals surface area contributed by atoms with Crippen LogP contribution in [-0.4, -0.2) is 30.1 Å². The van der Waals surface area contributed by atoms with Crippen molar-refractivity contribution in [2.75, 3.05) is 7.05 Å². The summed E-state index contributed by atoms with van der Waals surface area (Å²) in [4.78, 5) is 2.45. The summed E-state index contributed by atoms with van der Waals surface area (Å²) >= 11 is 0. The van der Waals surface area contributed by atoms with Gasteiger partial charge >= 0.3 is 0 Å². The minimum absolute atomic E-state index is 0.480. The Morgan fingerprint density at radius 3 is 2.44 bits per heavy atom. The number of hydrogen-bond acceptors (Lipinski definition) is 2. The van der Waals surface area contributed by atoms with E-state index in [1.54, 1.807) is 0 Å². The Hall–Kier alpha value is -0.0800. The van der Waals surface area contributed by atoms with Crippen molar-refractivity contribution >= 4 is 0 Å². The van der Waals surface area contributed by atoms with Gasteiger partial charge in [-0.3, -0.25) is 4.90 Å². The molecular weight excluding hydrogens is 112 g/mol. The van der Waals surface area contributed by atoms with Crippen LogP contribution in [0.5, 0.6) is 0 Å². The van der Waals surface area contributed by atoms with E-state index in [2.05, 4.69) is 11.9 Å².